The number of nitrogens with one attached hydrogen (secondary N) is 2. The number of benzene rings is 1. The van der Waals surface area contributed by atoms with Gasteiger partial charge in [0.15, 0.2) is 11.3 Å². The maximum atomic E-state index is 13.3. The summed E-state index contributed by atoms with van der Waals surface area (Å²) >= 11 is 0. The minimum Gasteiger partial charge on any atom is -0.493 e. The van der Waals surface area contributed by atoms with E-state index in [1.807, 2.05) is 13.8 Å². The number of aromatic nitrogens is 4. The molecule has 1 saturated heterocycles. The SMILES string of the molecule is CCCCCC[C@@H](CC)c1nc(C)c2c(=O)[nH]c(-c3cc(NC(=O)N4CCC(CO)CC4)ccc3OCC)nn12. The van der Waals surface area contributed by atoms with Crippen molar-refractivity contribution in [2.45, 2.75) is 85.0 Å². The van der Waals surface area contributed by atoms with Gasteiger partial charge in [0.1, 0.15) is 11.6 Å². The molecule has 4 rings (SSSR count). The third-order valence-corrected chi connectivity index (χ3v) is 7.91. The number of amides is 2. The van der Waals surface area contributed by atoms with Crippen LogP contribution in [0, 0.1) is 12.8 Å². The zero-order valence-electron chi connectivity index (χ0n) is 24.3. The van der Waals surface area contributed by atoms with Gasteiger partial charge in [-0.3, -0.25) is 4.79 Å². The van der Waals surface area contributed by atoms with Gasteiger partial charge in [-0.25, -0.2) is 14.3 Å². The van der Waals surface area contributed by atoms with Crippen LogP contribution in [0.15, 0.2) is 23.0 Å². The third kappa shape index (κ3) is 6.66. The van der Waals surface area contributed by atoms with Gasteiger partial charge >= 0.3 is 6.03 Å². The Hall–Kier alpha value is -3.40. The summed E-state index contributed by atoms with van der Waals surface area (Å²) in [4.78, 5) is 35.8. The molecule has 10 heteroatoms. The minimum absolute atomic E-state index is 0.156. The largest absolute Gasteiger partial charge is 0.493 e. The van der Waals surface area contributed by atoms with Crippen molar-refractivity contribution < 1.29 is 14.6 Å². The minimum atomic E-state index is -0.259. The number of anilines is 1. The number of likely N-dealkylation sites (tertiary alicyclic amines) is 1. The first kappa shape index (κ1) is 29.6. The highest BCUT2D eigenvalue weighted by molar-refractivity contribution is 5.90. The molecule has 3 aromatic rings. The van der Waals surface area contributed by atoms with Crippen LogP contribution >= 0.6 is 0 Å². The van der Waals surface area contributed by atoms with Gasteiger partial charge in [-0.15, -0.1) is 5.10 Å². The summed E-state index contributed by atoms with van der Waals surface area (Å²) in [5.74, 6) is 2.19. The molecule has 3 heterocycles. The number of aromatic amines is 1. The van der Waals surface area contributed by atoms with Gasteiger partial charge in [0.05, 0.1) is 17.9 Å². The summed E-state index contributed by atoms with van der Waals surface area (Å²) in [6.45, 7) is 9.91. The number of nitrogens with zero attached hydrogens (tertiary/aromatic N) is 4. The van der Waals surface area contributed by atoms with Gasteiger partial charge in [0.25, 0.3) is 5.56 Å². The highest BCUT2D eigenvalue weighted by Crippen LogP contribution is 2.32. The zero-order valence-corrected chi connectivity index (χ0v) is 24.3. The molecule has 0 unspecified atom stereocenters. The topological polar surface area (TPSA) is 125 Å². The molecule has 1 fully saturated rings. The summed E-state index contributed by atoms with van der Waals surface area (Å²) in [6.07, 6.45) is 8.19. The predicted molar refractivity (Wildman–Crippen MR) is 157 cm³/mol. The fourth-order valence-corrected chi connectivity index (χ4v) is 5.51. The summed E-state index contributed by atoms with van der Waals surface area (Å²) in [5.41, 5.74) is 2.04. The van der Waals surface area contributed by atoms with Crippen molar-refractivity contribution in [3.8, 4) is 17.1 Å². The number of hydrogen-bond acceptors (Lipinski definition) is 6. The molecule has 0 spiro atoms. The third-order valence-electron chi connectivity index (χ3n) is 7.91. The molecule has 1 aromatic carbocycles. The zero-order chi connectivity index (χ0) is 28.6. The molecule has 0 bridgehead atoms. The van der Waals surface area contributed by atoms with E-state index in [1.165, 1.54) is 19.3 Å². The maximum absolute atomic E-state index is 13.3. The Kier molecular flexibility index (Phi) is 10.2. The van der Waals surface area contributed by atoms with Crippen molar-refractivity contribution in [2.75, 3.05) is 31.6 Å². The Labute approximate surface area is 236 Å². The average molecular weight is 553 g/mol. The predicted octanol–water partition coefficient (Wildman–Crippen LogP) is 5.49. The van der Waals surface area contributed by atoms with E-state index in [0.29, 0.717) is 53.7 Å². The molecule has 40 heavy (non-hydrogen) atoms. The Morgan fingerprint density at radius 3 is 2.65 bits per heavy atom. The number of fused-ring (bicyclic) bond motifs is 1. The number of aryl methyl sites for hydroxylation is 1. The number of piperidine rings is 1. The quantitative estimate of drug-likeness (QED) is 0.255. The molecule has 2 aromatic heterocycles. The summed E-state index contributed by atoms with van der Waals surface area (Å²) < 4.78 is 7.60. The first-order chi connectivity index (χ1) is 19.4. The van der Waals surface area contributed by atoms with E-state index in [2.05, 4.69) is 24.1 Å². The number of aliphatic hydroxyl groups is 1. The molecule has 1 aliphatic rings. The summed E-state index contributed by atoms with van der Waals surface area (Å²) in [7, 11) is 0. The molecular formula is C30H44N6O4. The van der Waals surface area contributed by atoms with Crippen LogP contribution in [-0.4, -0.2) is 61.9 Å². The van der Waals surface area contributed by atoms with Crippen LogP contribution in [0.3, 0.4) is 0 Å². The number of rotatable bonds is 12. The number of carbonyl (C=O) groups excluding carboxylic acids is 1. The molecule has 0 radical (unpaired) electrons. The first-order valence-corrected chi connectivity index (χ1v) is 14.8. The summed E-state index contributed by atoms with van der Waals surface area (Å²) in [5, 5.41) is 17.3. The molecular weight excluding hydrogens is 508 g/mol. The Balaban J connectivity index is 1.67. The second-order valence-electron chi connectivity index (χ2n) is 10.8. The van der Waals surface area contributed by atoms with E-state index >= 15 is 0 Å². The van der Waals surface area contributed by atoms with Gasteiger partial charge in [-0.1, -0.05) is 39.5 Å². The van der Waals surface area contributed by atoms with E-state index in [9.17, 15) is 14.7 Å². The lowest BCUT2D eigenvalue weighted by atomic mass is 9.97. The Morgan fingerprint density at radius 1 is 1.20 bits per heavy atom. The number of carbonyl (C=O) groups is 1. The highest BCUT2D eigenvalue weighted by Gasteiger charge is 2.24. The van der Waals surface area contributed by atoms with Crippen LogP contribution in [0.4, 0.5) is 10.5 Å². The fraction of sp³-hybridized carbons (Fsp3) is 0.600. The fourth-order valence-electron chi connectivity index (χ4n) is 5.51. The van der Waals surface area contributed by atoms with Crippen LogP contribution in [-0.2, 0) is 0 Å². The van der Waals surface area contributed by atoms with Crippen molar-refractivity contribution in [1.82, 2.24) is 24.5 Å². The monoisotopic (exact) mass is 552 g/mol. The van der Waals surface area contributed by atoms with Crippen molar-refractivity contribution >= 4 is 17.2 Å². The molecule has 0 saturated carbocycles. The second-order valence-corrected chi connectivity index (χ2v) is 10.8. The van der Waals surface area contributed by atoms with E-state index in [-0.39, 0.29) is 30.0 Å². The molecule has 10 nitrogen and oxygen atoms in total. The number of unbranched alkanes of at least 4 members (excludes halogenated alkanes) is 3. The van der Waals surface area contributed by atoms with E-state index in [0.717, 1.165) is 37.9 Å². The molecule has 3 N–H and O–H groups in total. The Bertz CT molecular complexity index is 1340. The second kappa shape index (κ2) is 13.8. The number of H-pyrrole nitrogens is 1. The lowest BCUT2D eigenvalue weighted by Gasteiger charge is -2.31. The molecule has 1 atom stereocenters. The van der Waals surface area contributed by atoms with Gasteiger partial charge in [0.2, 0.25) is 0 Å². The number of ether oxygens (including phenoxy) is 1. The van der Waals surface area contributed by atoms with Crippen LogP contribution in [0.5, 0.6) is 5.75 Å². The van der Waals surface area contributed by atoms with Crippen molar-refractivity contribution in [3.63, 3.8) is 0 Å². The van der Waals surface area contributed by atoms with Gasteiger partial charge in [0, 0.05) is 31.3 Å². The van der Waals surface area contributed by atoms with Crippen LogP contribution in [0.25, 0.3) is 16.9 Å². The molecule has 0 aliphatic carbocycles. The van der Waals surface area contributed by atoms with Crippen LogP contribution in [0.2, 0.25) is 0 Å². The average Bonchev–Trinajstić information content (AvgIpc) is 3.30. The lowest BCUT2D eigenvalue weighted by molar-refractivity contribution is 0.143. The van der Waals surface area contributed by atoms with Crippen LogP contribution in [0.1, 0.15) is 89.6 Å². The number of imidazole rings is 1. The molecule has 1 aliphatic heterocycles. The molecule has 218 valence electrons. The van der Waals surface area contributed by atoms with E-state index in [4.69, 9.17) is 14.8 Å². The van der Waals surface area contributed by atoms with E-state index < -0.39 is 0 Å². The first-order valence-electron chi connectivity index (χ1n) is 14.8. The van der Waals surface area contributed by atoms with Gasteiger partial charge < -0.3 is 25.0 Å². The Morgan fingerprint density at radius 2 is 1.98 bits per heavy atom. The van der Waals surface area contributed by atoms with Crippen molar-refractivity contribution in [2.24, 2.45) is 5.92 Å². The highest BCUT2D eigenvalue weighted by atomic mass is 16.5. The molecule has 2 amide bonds. The van der Waals surface area contributed by atoms with E-state index in [1.54, 1.807) is 27.6 Å². The standard InChI is InChI=1S/C30H44N6O4/c1-5-8-9-10-11-22(6-2)28-31-20(4)26-29(38)33-27(34-36(26)28)24-18-23(12-13-25(24)40-7-3)32-30(39)35-16-14-21(19-37)15-17-35/h12-13,18,21-22,37H,5-11,14-17,19H2,1-4H3,(H,32,39)(H,33,34,38)/t22-/m1/s1. The smallest absolute Gasteiger partial charge is 0.321 e. The summed E-state index contributed by atoms with van der Waals surface area (Å²) in [6, 6.07) is 5.18. The maximum Gasteiger partial charge on any atom is 0.321 e. The number of hydrogen-bond donors (Lipinski definition) is 3. The normalized spacial score (nSPS) is 15.0. The van der Waals surface area contributed by atoms with Crippen molar-refractivity contribution in [3.05, 3.63) is 40.1 Å². The van der Waals surface area contributed by atoms with Crippen LogP contribution < -0.4 is 15.6 Å². The van der Waals surface area contributed by atoms with Gasteiger partial charge in [-0.2, -0.15) is 0 Å². The van der Waals surface area contributed by atoms with Gasteiger partial charge in [-0.05, 0) is 63.6 Å². The number of aliphatic hydroxyl groups excluding tert-OH is 1. The lowest BCUT2D eigenvalue weighted by Crippen LogP contribution is -2.41. The van der Waals surface area contributed by atoms with Crippen molar-refractivity contribution in [1.29, 1.82) is 0 Å². The number of urea groups is 1.